The van der Waals surface area contributed by atoms with Crippen molar-refractivity contribution in [3.63, 3.8) is 0 Å². The molecule has 3 aromatic carbocycles. The number of rotatable bonds is 9. The number of thiazole rings is 1. The van der Waals surface area contributed by atoms with Crippen molar-refractivity contribution in [2.75, 3.05) is 31.1 Å². The molecule has 0 bridgehead atoms. The van der Waals surface area contributed by atoms with Gasteiger partial charge in [0.25, 0.3) is 5.91 Å². The molecule has 0 N–H and O–H groups in total. The lowest BCUT2D eigenvalue weighted by Crippen LogP contribution is -2.34. The van der Waals surface area contributed by atoms with Gasteiger partial charge in [-0.25, -0.2) is 9.78 Å². The topological polar surface area (TPSA) is 92.9 Å². The first kappa shape index (κ1) is 33.0. The van der Waals surface area contributed by atoms with E-state index in [1.165, 1.54) is 22.6 Å². The Morgan fingerprint density at radius 1 is 1.00 bits per heavy atom. The number of anilines is 1. The average Bonchev–Trinajstić information content (AvgIpc) is 3.51. The minimum atomic E-state index is -0.558. The number of hydrogen-bond acceptors (Lipinski definition) is 8. The molecule has 0 spiro atoms. The molecule has 4 heterocycles. The molecule has 2 aromatic heterocycles. The summed E-state index contributed by atoms with van der Waals surface area (Å²) in [6.45, 7) is 10.6. The maximum absolute atomic E-state index is 14.5. The van der Waals surface area contributed by atoms with E-state index in [2.05, 4.69) is 11.0 Å². The van der Waals surface area contributed by atoms with Gasteiger partial charge in [0, 0.05) is 60.4 Å². The summed E-state index contributed by atoms with van der Waals surface area (Å²) in [7, 11) is 0. The third-order valence-corrected chi connectivity index (χ3v) is 10.4. The van der Waals surface area contributed by atoms with Gasteiger partial charge in [-0.2, -0.15) is 0 Å². The number of amides is 1. The number of esters is 1. The Morgan fingerprint density at radius 3 is 2.53 bits per heavy atom. The first-order valence-electron chi connectivity index (χ1n) is 17.5. The van der Waals surface area contributed by atoms with Crippen molar-refractivity contribution in [2.24, 2.45) is 0 Å². The first-order valence-corrected chi connectivity index (χ1v) is 18.3. The number of ether oxygens (including phenoxy) is 1. The molecule has 0 saturated carbocycles. The Labute approximate surface area is 290 Å². The van der Waals surface area contributed by atoms with Gasteiger partial charge >= 0.3 is 11.6 Å². The Hall–Kier alpha value is -4.50. The summed E-state index contributed by atoms with van der Waals surface area (Å²) in [4.78, 5) is 50.5. The van der Waals surface area contributed by atoms with Crippen LogP contribution in [0.4, 0.5) is 5.69 Å². The Morgan fingerprint density at radius 2 is 1.76 bits per heavy atom. The number of fused-ring (bicyclic) bond motifs is 3. The monoisotopic (exact) mass is 677 g/mol. The van der Waals surface area contributed by atoms with E-state index in [-0.39, 0.29) is 18.3 Å². The van der Waals surface area contributed by atoms with Crippen LogP contribution >= 0.6 is 11.3 Å². The highest BCUT2D eigenvalue weighted by Gasteiger charge is 2.32. The quantitative estimate of drug-likeness (QED) is 0.114. The van der Waals surface area contributed by atoms with Crippen molar-refractivity contribution in [3.05, 3.63) is 81.7 Å². The van der Waals surface area contributed by atoms with Crippen molar-refractivity contribution >= 4 is 50.1 Å². The van der Waals surface area contributed by atoms with Crippen LogP contribution in [0.1, 0.15) is 81.3 Å². The van der Waals surface area contributed by atoms with Crippen molar-refractivity contribution in [3.8, 4) is 21.7 Å². The largest absolute Gasteiger partial charge is 0.460 e. The van der Waals surface area contributed by atoms with Crippen LogP contribution in [0.5, 0.6) is 0 Å². The molecule has 0 unspecified atom stereocenters. The van der Waals surface area contributed by atoms with Crippen LogP contribution in [0.3, 0.4) is 0 Å². The van der Waals surface area contributed by atoms with E-state index in [1.54, 1.807) is 0 Å². The van der Waals surface area contributed by atoms with Gasteiger partial charge in [-0.15, -0.1) is 11.3 Å². The summed E-state index contributed by atoms with van der Waals surface area (Å²) in [5.41, 5.74) is 6.26. The van der Waals surface area contributed by atoms with Crippen LogP contribution in [-0.4, -0.2) is 53.5 Å². The number of carbonyl (C=O) groups is 2. The zero-order valence-electron chi connectivity index (χ0n) is 28.8. The first-order chi connectivity index (χ1) is 23.6. The molecule has 1 amide bonds. The highest BCUT2D eigenvalue weighted by molar-refractivity contribution is 7.21. The van der Waals surface area contributed by atoms with Gasteiger partial charge in [-0.3, -0.25) is 9.59 Å². The van der Waals surface area contributed by atoms with Gasteiger partial charge in [-0.1, -0.05) is 37.3 Å². The summed E-state index contributed by atoms with van der Waals surface area (Å²) >= 11 is 1.46. The minimum Gasteiger partial charge on any atom is -0.460 e. The third-order valence-electron chi connectivity index (χ3n) is 9.33. The molecule has 0 saturated heterocycles. The third kappa shape index (κ3) is 6.48. The standard InChI is InChI=1S/C40H43N3O5S/c1-5-20-43(23-12-19-32(44)48-40(2,3)4)38(45)27-15-7-6-14-26(27)33-29-24-25-13-10-21-42-22-11-16-28(35(25)42)36(29)47-39(46)34(33)37-41-30-17-8-9-18-31(30)49-37/h6-9,14-15,17-18,24H,5,10-13,16,19-23H2,1-4H3. The second-order valence-electron chi connectivity index (χ2n) is 14.1. The van der Waals surface area contributed by atoms with E-state index in [0.717, 1.165) is 66.4 Å². The Balaban J connectivity index is 1.39. The molecule has 49 heavy (non-hydrogen) atoms. The lowest BCUT2D eigenvalue weighted by Gasteiger charge is -2.37. The molecule has 0 radical (unpaired) electrons. The molecule has 0 fully saturated rings. The molecule has 2 aliphatic heterocycles. The summed E-state index contributed by atoms with van der Waals surface area (Å²) in [5, 5.41) is 1.42. The zero-order valence-corrected chi connectivity index (χ0v) is 29.6. The van der Waals surface area contributed by atoms with Crippen LogP contribution in [0.25, 0.3) is 42.9 Å². The molecule has 2 aliphatic rings. The number of hydrogen-bond donors (Lipinski definition) is 0. The zero-order chi connectivity index (χ0) is 34.3. The molecule has 254 valence electrons. The highest BCUT2D eigenvalue weighted by Crippen LogP contribution is 2.46. The van der Waals surface area contributed by atoms with Crippen LogP contribution < -0.4 is 10.5 Å². The molecule has 0 atom stereocenters. The highest BCUT2D eigenvalue weighted by atomic mass is 32.1. The van der Waals surface area contributed by atoms with Crippen molar-refractivity contribution < 1.29 is 18.7 Å². The summed E-state index contributed by atoms with van der Waals surface area (Å²) in [6.07, 6.45) is 5.33. The smallest absolute Gasteiger partial charge is 0.347 e. The normalized spacial score (nSPS) is 14.2. The maximum atomic E-state index is 14.5. The number of carbonyl (C=O) groups excluding carboxylic acids is 2. The van der Waals surface area contributed by atoms with Gasteiger partial charge in [0.05, 0.1) is 10.2 Å². The van der Waals surface area contributed by atoms with E-state index in [4.69, 9.17) is 14.1 Å². The number of para-hydroxylation sites is 1. The van der Waals surface area contributed by atoms with Gasteiger partial charge in [0.15, 0.2) is 0 Å². The van der Waals surface area contributed by atoms with Crippen LogP contribution in [0, 0.1) is 0 Å². The molecule has 0 aliphatic carbocycles. The van der Waals surface area contributed by atoms with Crippen LogP contribution in [-0.2, 0) is 22.4 Å². The second kappa shape index (κ2) is 13.4. The maximum Gasteiger partial charge on any atom is 0.347 e. The molecule has 7 rings (SSSR count). The van der Waals surface area contributed by atoms with E-state index in [1.807, 2.05) is 81.1 Å². The lowest BCUT2D eigenvalue weighted by atomic mass is 9.86. The molecule has 9 heteroatoms. The molecular formula is C40H43N3O5S. The van der Waals surface area contributed by atoms with Crippen molar-refractivity contribution in [1.82, 2.24) is 9.88 Å². The average molecular weight is 678 g/mol. The Bertz CT molecular complexity index is 2090. The number of benzene rings is 3. The van der Waals surface area contributed by atoms with E-state index >= 15 is 0 Å². The van der Waals surface area contributed by atoms with E-state index in [0.29, 0.717) is 52.4 Å². The fourth-order valence-electron chi connectivity index (χ4n) is 7.42. The van der Waals surface area contributed by atoms with Gasteiger partial charge < -0.3 is 19.0 Å². The lowest BCUT2D eigenvalue weighted by molar-refractivity contribution is -0.154. The number of aromatic nitrogens is 1. The van der Waals surface area contributed by atoms with Crippen molar-refractivity contribution in [1.29, 1.82) is 0 Å². The summed E-state index contributed by atoms with van der Waals surface area (Å²) < 4.78 is 12.8. The minimum absolute atomic E-state index is 0.135. The van der Waals surface area contributed by atoms with Crippen molar-refractivity contribution in [2.45, 2.75) is 78.2 Å². The van der Waals surface area contributed by atoms with Crippen LogP contribution in [0.15, 0.2) is 63.8 Å². The SMILES string of the molecule is CCCN(CCCC(=O)OC(C)(C)C)C(=O)c1ccccc1-c1c(-c2nc3ccccc3s2)c(=O)oc2c3c4c(cc12)CCCN4CCC3. The van der Waals surface area contributed by atoms with Crippen LogP contribution in [0.2, 0.25) is 0 Å². The molecular weight excluding hydrogens is 635 g/mol. The number of aryl methyl sites for hydroxylation is 2. The predicted molar refractivity (Wildman–Crippen MR) is 197 cm³/mol. The van der Waals surface area contributed by atoms with Gasteiger partial charge in [0.1, 0.15) is 21.8 Å². The second-order valence-corrected chi connectivity index (χ2v) is 15.1. The van der Waals surface area contributed by atoms with E-state index < -0.39 is 11.2 Å². The number of nitrogens with zero attached hydrogens (tertiary/aromatic N) is 3. The summed E-state index contributed by atoms with van der Waals surface area (Å²) in [6, 6.07) is 17.7. The molecule has 8 nitrogen and oxygen atoms in total. The summed E-state index contributed by atoms with van der Waals surface area (Å²) in [5.74, 6) is -0.408. The van der Waals surface area contributed by atoms with E-state index in [9.17, 15) is 14.4 Å². The van der Waals surface area contributed by atoms with Gasteiger partial charge in [-0.05, 0) is 94.7 Å². The fourth-order valence-corrected chi connectivity index (χ4v) is 8.42. The van der Waals surface area contributed by atoms with Gasteiger partial charge in [0.2, 0.25) is 0 Å². The fraction of sp³-hybridized carbons (Fsp3) is 0.400. The Kier molecular flexibility index (Phi) is 9.05. The molecule has 5 aromatic rings. The predicted octanol–water partition coefficient (Wildman–Crippen LogP) is 8.41.